The molecule has 0 saturated carbocycles. The molecule has 7 heteroatoms. The number of nitrogens with one attached hydrogen (secondary N) is 1. The van der Waals surface area contributed by atoms with Crippen LogP contribution in [-0.4, -0.2) is 44.0 Å². The molecule has 4 rings (SSSR count). The Bertz CT molecular complexity index is 1170. The molecule has 0 aliphatic carbocycles. The van der Waals surface area contributed by atoms with E-state index >= 15 is 0 Å². The highest BCUT2D eigenvalue weighted by Gasteiger charge is 2.42. The van der Waals surface area contributed by atoms with Crippen molar-refractivity contribution in [1.82, 2.24) is 10.2 Å². The molecule has 34 heavy (non-hydrogen) atoms. The molecule has 2 amide bonds. The number of carbonyl (C=O) groups is 2. The Morgan fingerprint density at radius 3 is 2.41 bits per heavy atom. The Labute approximate surface area is 198 Å². The Morgan fingerprint density at radius 2 is 1.71 bits per heavy atom. The highest BCUT2D eigenvalue weighted by molar-refractivity contribution is 5.95. The molecule has 0 aromatic heterocycles. The maximum Gasteiger partial charge on any atom is 0.256 e. The molecule has 2 atom stereocenters. The zero-order valence-corrected chi connectivity index (χ0v) is 19.2. The first kappa shape index (κ1) is 23.3. The smallest absolute Gasteiger partial charge is 0.256 e. The maximum absolute atomic E-state index is 14.3. The van der Waals surface area contributed by atoms with E-state index in [0.717, 1.165) is 11.1 Å². The number of halogens is 1. The van der Waals surface area contributed by atoms with Gasteiger partial charge < -0.3 is 19.7 Å². The summed E-state index contributed by atoms with van der Waals surface area (Å²) in [6, 6.07) is 20.9. The Hall–Kier alpha value is -3.87. The number of hydrogen-bond donors (Lipinski definition) is 1. The lowest BCUT2D eigenvalue weighted by Gasteiger charge is -2.21. The number of amides is 2. The standard InChI is InChI=1S/C27H27FN2O4/c1-33-19-12-13-25(34-2)21(14-19)22-16-30(27(32)20-10-6-7-11-24(20)28)17-23(22)26(31)29-15-18-8-4-3-5-9-18/h3-14,22-23H,15-17H2,1-2H3,(H,29,31)/t22-,23-/m1/s1. The zero-order chi connectivity index (χ0) is 24.1. The van der Waals surface area contributed by atoms with Gasteiger partial charge in [0.05, 0.1) is 25.7 Å². The zero-order valence-electron chi connectivity index (χ0n) is 19.2. The van der Waals surface area contributed by atoms with Gasteiger partial charge in [0.1, 0.15) is 17.3 Å². The molecule has 1 saturated heterocycles. The van der Waals surface area contributed by atoms with E-state index in [1.807, 2.05) is 36.4 Å². The quantitative estimate of drug-likeness (QED) is 0.576. The van der Waals surface area contributed by atoms with Crippen molar-refractivity contribution in [2.75, 3.05) is 27.3 Å². The topological polar surface area (TPSA) is 67.9 Å². The van der Waals surface area contributed by atoms with Gasteiger partial charge >= 0.3 is 0 Å². The normalized spacial score (nSPS) is 17.3. The van der Waals surface area contributed by atoms with E-state index in [1.165, 1.54) is 17.0 Å². The molecule has 0 spiro atoms. The monoisotopic (exact) mass is 462 g/mol. The SMILES string of the molecule is COc1ccc(OC)c([C@H]2CN(C(=O)c3ccccc3F)C[C@H]2C(=O)NCc2ccccc2)c1. The summed E-state index contributed by atoms with van der Waals surface area (Å²) in [6.45, 7) is 0.790. The van der Waals surface area contributed by atoms with Crippen LogP contribution in [0.3, 0.4) is 0 Å². The maximum atomic E-state index is 14.3. The number of carbonyl (C=O) groups excluding carboxylic acids is 2. The van der Waals surface area contributed by atoms with E-state index in [1.54, 1.807) is 38.5 Å². The Balaban J connectivity index is 1.64. The molecule has 176 valence electrons. The van der Waals surface area contributed by atoms with E-state index < -0.39 is 17.6 Å². The van der Waals surface area contributed by atoms with Crippen LogP contribution in [0.15, 0.2) is 72.8 Å². The minimum Gasteiger partial charge on any atom is -0.497 e. The van der Waals surface area contributed by atoms with Crippen molar-refractivity contribution in [3.63, 3.8) is 0 Å². The van der Waals surface area contributed by atoms with Crippen LogP contribution >= 0.6 is 0 Å². The van der Waals surface area contributed by atoms with Crippen LogP contribution in [0.5, 0.6) is 11.5 Å². The lowest BCUT2D eigenvalue weighted by molar-refractivity contribution is -0.125. The lowest BCUT2D eigenvalue weighted by atomic mass is 9.87. The fourth-order valence-corrected chi connectivity index (χ4v) is 4.40. The van der Waals surface area contributed by atoms with E-state index in [9.17, 15) is 14.0 Å². The van der Waals surface area contributed by atoms with Gasteiger partial charge in [0.15, 0.2) is 0 Å². The van der Waals surface area contributed by atoms with Crippen LogP contribution in [-0.2, 0) is 11.3 Å². The van der Waals surface area contributed by atoms with Crippen molar-refractivity contribution in [1.29, 1.82) is 0 Å². The fraction of sp³-hybridized carbons (Fsp3) is 0.259. The van der Waals surface area contributed by atoms with Crippen molar-refractivity contribution >= 4 is 11.8 Å². The number of rotatable bonds is 7. The number of nitrogens with zero attached hydrogens (tertiary/aromatic N) is 1. The highest BCUT2D eigenvalue weighted by atomic mass is 19.1. The molecule has 1 heterocycles. The van der Waals surface area contributed by atoms with Gasteiger partial charge in [0, 0.05) is 31.1 Å². The third kappa shape index (κ3) is 4.88. The second-order valence-corrected chi connectivity index (χ2v) is 8.21. The van der Waals surface area contributed by atoms with Crippen LogP contribution in [0.1, 0.15) is 27.4 Å². The minimum atomic E-state index is -0.583. The number of benzene rings is 3. The van der Waals surface area contributed by atoms with Gasteiger partial charge in [-0.25, -0.2) is 4.39 Å². The summed E-state index contributed by atoms with van der Waals surface area (Å²) in [6.07, 6.45) is 0. The third-order valence-corrected chi connectivity index (χ3v) is 6.19. The van der Waals surface area contributed by atoms with Crippen molar-refractivity contribution in [3.05, 3.63) is 95.3 Å². The molecular formula is C27H27FN2O4. The number of hydrogen-bond acceptors (Lipinski definition) is 4. The molecule has 1 fully saturated rings. The van der Waals surface area contributed by atoms with Crippen molar-refractivity contribution in [2.24, 2.45) is 5.92 Å². The summed E-state index contributed by atoms with van der Waals surface area (Å²) in [7, 11) is 3.13. The van der Waals surface area contributed by atoms with Crippen molar-refractivity contribution < 1.29 is 23.5 Å². The van der Waals surface area contributed by atoms with Crippen LogP contribution in [0.4, 0.5) is 4.39 Å². The fourth-order valence-electron chi connectivity index (χ4n) is 4.40. The first-order valence-electron chi connectivity index (χ1n) is 11.1. The molecular weight excluding hydrogens is 435 g/mol. The molecule has 3 aromatic rings. The van der Waals surface area contributed by atoms with Crippen LogP contribution in [0.2, 0.25) is 0 Å². The molecule has 3 aromatic carbocycles. The van der Waals surface area contributed by atoms with Gasteiger partial charge in [-0.1, -0.05) is 42.5 Å². The second-order valence-electron chi connectivity index (χ2n) is 8.21. The summed E-state index contributed by atoms with van der Waals surface area (Å²) < 4.78 is 25.3. The van der Waals surface area contributed by atoms with E-state index in [0.29, 0.717) is 18.0 Å². The Kier molecular flexibility index (Phi) is 7.11. The Morgan fingerprint density at radius 1 is 0.971 bits per heavy atom. The van der Waals surface area contributed by atoms with Crippen LogP contribution < -0.4 is 14.8 Å². The summed E-state index contributed by atoms with van der Waals surface area (Å²) in [5, 5.41) is 2.99. The summed E-state index contributed by atoms with van der Waals surface area (Å²) in [4.78, 5) is 28.0. The summed E-state index contributed by atoms with van der Waals surface area (Å²) in [5.41, 5.74) is 1.73. The van der Waals surface area contributed by atoms with E-state index in [-0.39, 0.29) is 30.5 Å². The van der Waals surface area contributed by atoms with Crippen LogP contribution in [0.25, 0.3) is 0 Å². The van der Waals surface area contributed by atoms with Crippen molar-refractivity contribution in [3.8, 4) is 11.5 Å². The second kappa shape index (κ2) is 10.4. The average molecular weight is 463 g/mol. The molecule has 6 nitrogen and oxygen atoms in total. The van der Waals surface area contributed by atoms with Gasteiger partial charge in [-0.2, -0.15) is 0 Å². The van der Waals surface area contributed by atoms with Gasteiger partial charge in [0.25, 0.3) is 5.91 Å². The summed E-state index contributed by atoms with van der Waals surface area (Å²) >= 11 is 0. The predicted molar refractivity (Wildman–Crippen MR) is 126 cm³/mol. The molecule has 0 bridgehead atoms. The summed E-state index contributed by atoms with van der Waals surface area (Å²) in [5.74, 6) is -0.868. The van der Waals surface area contributed by atoms with Gasteiger partial charge in [0.2, 0.25) is 5.91 Å². The number of methoxy groups -OCH3 is 2. The minimum absolute atomic E-state index is 0.01000. The highest BCUT2D eigenvalue weighted by Crippen LogP contribution is 2.40. The van der Waals surface area contributed by atoms with E-state index in [4.69, 9.17) is 9.47 Å². The third-order valence-electron chi connectivity index (χ3n) is 6.19. The van der Waals surface area contributed by atoms with Crippen LogP contribution in [0, 0.1) is 11.7 Å². The average Bonchev–Trinajstić information content (AvgIpc) is 3.33. The van der Waals surface area contributed by atoms with Gasteiger partial charge in [-0.3, -0.25) is 9.59 Å². The molecule has 0 radical (unpaired) electrons. The number of ether oxygens (including phenoxy) is 2. The number of likely N-dealkylation sites (tertiary alicyclic amines) is 1. The largest absolute Gasteiger partial charge is 0.497 e. The van der Waals surface area contributed by atoms with E-state index in [2.05, 4.69) is 5.32 Å². The predicted octanol–water partition coefficient (Wildman–Crippen LogP) is 4.02. The molecule has 0 unspecified atom stereocenters. The molecule has 1 aliphatic heterocycles. The first-order chi connectivity index (χ1) is 16.5. The van der Waals surface area contributed by atoms with Gasteiger partial charge in [-0.15, -0.1) is 0 Å². The molecule has 1 N–H and O–H groups in total. The van der Waals surface area contributed by atoms with Gasteiger partial charge in [-0.05, 0) is 35.9 Å². The molecule has 1 aliphatic rings. The van der Waals surface area contributed by atoms with Crippen molar-refractivity contribution in [2.45, 2.75) is 12.5 Å². The lowest BCUT2D eigenvalue weighted by Crippen LogP contribution is -2.35. The first-order valence-corrected chi connectivity index (χ1v) is 11.1.